The Hall–Kier alpha value is -1.53. The number of sulfone groups is 1. The molecule has 1 heterocycles. The highest BCUT2D eigenvalue weighted by molar-refractivity contribution is 7.98. The first kappa shape index (κ1) is 13.9. The summed E-state index contributed by atoms with van der Waals surface area (Å²) < 4.78 is 22.7. The highest BCUT2D eigenvalue weighted by Gasteiger charge is 2.06. The van der Waals surface area contributed by atoms with E-state index < -0.39 is 9.84 Å². The van der Waals surface area contributed by atoms with Crippen molar-refractivity contribution in [3.8, 4) is 0 Å². The molecule has 0 aliphatic carbocycles. The van der Waals surface area contributed by atoms with Crippen molar-refractivity contribution in [2.24, 2.45) is 0 Å². The average Bonchev–Trinajstić information content (AvgIpc) is 2.38. The van der Waals surface area contributed by atoms with E-state index in [1.807, 2.05) is 18.4 Å². The van der Waals surface area contributed by atoms with Gasteiger partial charge in [0.2, 0.25) is 0 Å². The molecule has 19 heavy (non-hydrogen) atoms. The summed E-state index contributed by atoms with van der Waals surface area (Å²) in [4.78, 5) is 4.51. The molecule has 0 aliphatic rings. The molecule has 0 bridgehead atoms. The minimum Gasteiger partial charge on any atom is -0.355 e. The Kier molecular flexibility index (Phi) is 4.11. The van der Waals surface area contributed by atoms with E-state index in [2.05, 4.69) is 10.3 Å². The van der Waals surface area contributed by atoms with Crippen LogP contribution in [0.25, 0.3) is 0 Å². The van der Waals surface area contributed by atoms with Crippen molar-refractivity contribution in [3.63, 3.8) is 0 Å². The number of thioether (sulfide) groups is 1. The second kappa shape index (κ2) is 5.63. The zero-order valence-electron chi connectivity index (χ0n) is 10.6. The van der Waals surface area contributed by atoms with Gasteiger partial charge in [0.15, 0.2) is 9.84 Å². The van der Waals surface area contributed by atoms with E-state index in [0.717, 1.165) is 16.4 Å². The van der Waals surface area contributed by atoms with Crippen LogP contribution in [0.5, 0.6) is 0 Å². The van der Waals surface area contributed by atoms with Crippen molar-refractivity contribution in [2.75, 3.05) is 17.8 Å². The van der Waals surface area contributed by atoms with Crippen molar-refractivity contribution < 1.29 is 8.42 Å². The van der Waals surface area contributed by atoms with Crippen molar-refractivity contribution in [1.29, 1.82) is 0 Å². The van der Waals surface area contributed by atoms with Crippen LogP contribution in [-0.2, 0) is 9.84 Å². The highest BCUT2D eigenvalue weighted by Crippen LogP contribution is 2.21. The molecule has 6 heteroatoms. The summed E-state index contributed by atoms with van der Waals surface area (Å²) in [5.41, 5.74) is 1.76. The van der Waals surface area contributed by atoms with Gasteiger partial charge in [0.05, 0.1) is 9.92 Å². The lowest BCUT2D eigenvalue weighted by Crippen LogP contribution is -1.97. The molecule has 0 radical (unpaired) electrons. The number of pyridine rings is 1. The zero-order valence-corrected chi connectivity index (χ0v) is 12.3. The van der Waals surface area contributed by atoms with Gasteiger partial charge in [-0.05, 0) is 42.7 Å². The Bertz CT molecular complexity index is 667. The summed E-state index contributed by atoms with van der Waals surface area (Å²) in [7, 11) is -3.14. The molecule has 1 N–H and O–H groups in total. The number of anilines is 2. The van der Waals surface area contributed by atoms with Crippen molar-refractivity contribution >= 4 is 33.0 Å². The van der Waals surface area contributed by atoms with Crippen LogP contribution in [0.15, 0.2) is 52.5 Å². The molecule has 0 saturated carbocycles. The topological polar surface area (TPSA) is 59.1 Å². The third-order valence-electron chi connectivity index (χ3n) is 2.52. The highest BCUT2D eigenvalue weighted by atomic mass is 32.2. The van der Waals surface area contributed by atoms with Gasteiger partial charge in [0.1, 0.15) is 0 Å². The van der Waals surface area contributed by atoms with Gasteiger partial charge in [-0.25, -0.2) is 13.4 Å². The molecule has 0 atom stereocenters. The van der Waals surface area contributed by atoms with E-state index in [9.17, 15) is 8.42 Å². The van der Waals surface area contributed by atoms with E-state index in [0.29, 0.717) is 4.90 Å². The molecule has 4 nitrogen and oxygen atoms in total. The first-order valence-corrected chi connectivity index (χ1v) is 8.68. The van der Waals surface area contributed by atoms with E-state index in [1.165, 1.54) is 6.26 Å². The standard InChI is InChI=1S/C13H14N2O2S2/c1-18-13-9-11(7-8-14-13)15-10-3-5-12(6-4-10)19(2,16)17/h3-9H,1-2H3,(H,14,15). The quantitative estimate of drug-likeness (QED) is 0.879. The molecule has 0 unspecified atom stereocenters. The van der Waals surface area contributed by atoms with Gasteiger partial charge in [0.25, 0.3) is 0 Å². The largest absolute Gasteiger partial charge is 0.355 e. The molecular weight excluding hydrogens is 280 g/mol. The molecule has 1 aromatic heterocycles. The predicted octanol–water partition coefficient (Wildman–Crippen LogP) is 2.95. The lowest BCUT2D eigenvalue weighted by molar-refractivity contribution is 0.602. The fraction of sp³-hybridized carbons (Fsp3) is 0.154. The Morgan fingerprint density at radius 2 is 1.79 bits per heavy atom. The third kappa shape index (κ3) is 3.71. The van der Waals surface area contributed by atoms with Crippen molar-refractivity contribution in [1.82, 2.24) is 4.98 Å². The molecular formula is C13H14N2O2S2. The van der Waals surface area contributed by atoms with E-state index in [1.54, 1.807) is 42.2 Å². The normalized spacial score (nSPS) is 11.3. The minimum absolute atomic E-state index is 0.317. The summed E-state index contributed by atoms with van der Waals surface area (Å²) in [5, 5.41) is 4.14. The Balaban J connectivity index is 2.19. The van der Waals surface area contributed by atoms with Gasteiger partial charge in [-0.2, -0.15) is 0 Å². The van der Waals surface area contributed by atoms with Gasteiger partial charge >= 0.3 is 0 Å². The van der Waals surface area contributed by atoms with Gasteiger partial charge in [0, 0.05) is 23.8 Å². The van der Waals surface area contributed by atoms with Gasteiger partial charge < -0.3 is 5.32 Å². The Labute approximate surface area is 117 Å². The average molecular weight is 294 g/mol. The molecule has 0 spiro atoms. The lowest BCUT2D eigenvalue weighted by Gasteiger charge is -2.07. The van der Waals surface area contributed by atoms with Crippen LogP contribution < -0.4 is 5.32 Å². The van der Waals surface area contributed by atoms with Crippen LogP contribution in [0.4, 0.5) is 11.4 Å². The number of benzene rings is 1. The van der Waals surface area contributed by atoms with Crippen molar-refractivity contribution in [2.45, 2.75) is 9.92 Å². The number of aromatic nitrogens is 1. The lowest BCUT2D eigenvalue weighted by atomic mass is 10.3. The maximum Gasteiger partial charge on any atom is 0.175 e. The van der Waals surface area contributed by atoms with Crippen LogP contribution >= 0.6 is 11.8 Å². The maximum atomic E-state index is 11.4. The van der Waals surface area contributed by atoms with Gasteiger partial charge in [-0.1, -0.05) is 0 Å². The first-order valence-electron chi connectivity index (χ1n) is 5.56. The van der Waals surface area contributed by atoms with Crippen molar-refractivity contribution in [3.05, 3.63) is 42.6 Å². The summed E-state index contributed by atoms with van der Waals surface area (Å²) >= 11 is 1.57. The number of hydrogen-bond donors (Lipinski definition) is 1. The second-order valence-corrected chi connectivity index (χ2v) is 6.85. The maximum absolute atomic E-state index is 11.4. The second-order valence-electron chi connectivity index (χ2n) is 4.01. The van der Waals surface area contributed by atoms with Crippen LogP contribution in [0.3, 0.4) is 0 Å². The fourth-order valence-corrected chi connectivity index (χ4v) is 2.59. The van der Waals surface area contributed by atoms with Gasteiger partial charge in [-0.15, -0.1) is 11.8 Å². The minimum atomic E-state index is -3.14. The number of nitrogens with one attached hydrogen (secondary N) is 1. The van der Waals surface area contributed by atoms with Crippen LogP contribution in [0.2, 0.25) is 0 Å². The molecule has 2 rings (SSSR count). The molecule has 0 saturated heterocycles. The molecule has 0 fully saturated rings. The van der Waals surface area contributed by atoms with Crippen LogP contribution in [-0.4, -0.2) is 25.9 Å². The molecule has 0 amide bonds. The third-order valence-corrected chi connectivity index (χ3v) is 4.29. The van der Waals surface area contributed by atoms with Gasteiger partial charge in [-0.3, -0.25) is 0 Å². The van der Waals surface area contributed by atoms with Crippen LogP contribution in [0.1, 0.15) is 0 Å². The Morgan fingerprint density at radius 3 is 2.37 bits per heavy atom. The SMILES string of the molecule is CSc1cc(Nc2ccc(S(C)(=O)=O)cc2)ccn1. The predicted molar refractivity (Wildman–Crippen MR) is 78.9 cm³/mol. The monoisotopic (exact) mass is 294 g/mol. The Morgan fingerprint density at radius 1 is 1.11 bits per heavy atom. The van der Waals surface area contributed by atoms with E-state index in [-0.39, 0.29) is 0 Å². The fourth-order valence-electron chi connectivity index (χ4n) is 1.55. The van der Waals surface area contributed by atoms with E-state index >= 15 is 0 Å². The smallest absolute Gasteiger partial charge is 0.175 e. The summed E-state index contributed by atoms with van der Waals surface area (Å²) in [6.45, 7) is 0. The molecule has 100 valence electrons. The summed E-state index contributed by atoms with van der Waals surface area (Å²) in [5.74, 6) is 0. The number of nitrogens with zero attached hydrogens (tertiary/aromatic N) is 1. The molecule has 1 aromatic carbocycles. The zero-order chi connectivity index (χ0) is 13.9. The summed E-state index contributed by atoms with van der Waals surface area (Å²) in [6.07, 6.45) is 4.90. The number of rotatable bonds is 4. The van der Waals surface area contributed by atoms with E-state index in [4.69, 9.17) is 0 Å². The molecule has 2 aromatic rings. The van der Waals surface area contributed by atoms with Crippen LogP contribution in [0, 0.1) is 0 Å². The summed E-state index contributed by atoms with van der Waals surface area (Å²) in [6, 6.07) is 10.5. The first-order chi connectivity index (χ1) is 8.99. The molecule has 0 aliphatic heterocycles. The number of hydrogen-bond acceptors (Lipinski definition) is 5.